The van der Waals surface area contributed by atoms with E-state index in [9.17, 15) is 0 Å². The van der Waals surface area contributed by atoms with Crippen LogP contribution in [0.1, 0.15) is 18.3 Å². The fourth-order valence-corrected chi connectivity index (χ4v) is 2.24. The molecule has 4 nitrogen and oxygen atoms in total. The van der Waals surface area contributed by atoms with Gasteiger partial charge < -0.3 is 14.5 Å². The highest BCUT2D eigenvalue weighted by Gasteiger charge is 2.10. The molecule has 20 heavy (non-hydrogen) atoms. The van der Waals surface area contributed by atoms with Crippen LogP contribution in [-0.4, -0.2) is 24.2 Å². The number of nitrogens with zero attached hydrogens (tertiary/aromatic N) is 1. The third kappa shape index (κ3) is 2.67. The summed E-state index contributed by atoms with van der Waals surface area (Å²) in [6, 6.07) is 5.80. The fourth-order valence-electron chi connectivity index (χ4n) is 2.03. The predicted molar refractivity (Wildman–Crippen MR) is 82.1 cm³/mol. The number of hydrogen-bond acceptors (Lipinski definition) is 4. The van der Waals surface area contributed by atoms with Gasteiger partial charge in [0, 0.05) is 17.5 Å². The summed E-state index contributed by atoms with van der Waals surface area (Å²) < 4.78 is 11.2. The maximum atomic E-state index is 5.34. The van der Waals surface area contributed by atoms with Gasteiger partial charge in [0.05, 0.1) is 19.9 Å². The Hall–Kier alpha value is -1.88. The molecule has 1 aromatic heterocycles. The zero-order chi connectivity index (χ0) is 14.7. The van der Waals surface area contributed by atoms with Crippen molar-refractivity contribution in [1.82, 2.24) is 9.97 Å². The first-order chi connectivity index (χ1) is 9.60. The van der Waals surface area contributed by atoms with Gasteiger partial charge in [-0.15, -0.1) is 0 Å². The number of H-pyrrole nitrogens is 1. The molecule has 106 valence electrons. The summed E-state index contributed by atoms with van der Waals surface area (Å²) in [6.07, 6.45) is 0.810. The molecule has 0 unspecified atom stereocenters. The normalized spacial score (nSPS) is 10.4. The second-order valence-electron chi connectivity index (χ2n) is 4.41. The minimum absolute atomic E-state index is 0.630. The lowest BCUT2D eigenvalue weighted by Gasteiger charge is -2.12. The molecule has 0 aliphatic heterocycles. The smallest absolute Gasteiger partial charge is 0.161 e. The summed E-state index contributed by atoms with van der Waals surface area (Å²) in [6.45, 7) is 4.01. The van der Waals surface area contributed by atoms with Gasteiger partial charge in [-0.05, 0) is 25.1 Å². The molecule has 0 amide bonds. The van der Waals surface area contributed by atoms with Gasteiger partial charge in [-0.2, -0.15) is 0 Å². The van der Waals surface area contributed by atoms with Crippen molar-refractivity contribution in [2.24, 2.45) is 0 Å². The number of aromatic amines is 1. The predicted octanol–water partition coefficient (Wildman–Crippen LogP) is 3.69. The first-order valence-corrected chi connectivity index (χ1v) is 6.83. The van der Waals surface area contributed by atoms with E-state index in [2.05, 4.69) is 9.97 Å². The molecule has 2 aromatic rings. The molecule has 0 aliphatic rings. The maximum Gasteiger partial charge on any atom is 0.161 e. The van der Waals surface area contributed by atoms with E-state index in [0.717, 1.165) is 29.1 Å². The Labute approximate surface area is 123 Å². The largest absolute Gasteiger partial charge is 0.493 e. The number of ether oxygens (including phenoxy) is 2. The highest BCUT2D eigenvalue weighted by Crippen LogP contribution is 2.32. The lowest BCUT2D eigenvalue weighted by Crippen LogP contribution is -2.00. The lowest BCUT2D eigenvalue weighted by atomic mass is 10.1. The number of aromatic nitrogens is 2. The van der Waals surface area contributed by atoms with Crippen LogP contribution in [-0.2, 0) is 6.42 Å². The van der Waals surface area contributed by atoms with Gasteiger partial charge in [0.25, 0.3) is 0 Å². The topological polar surface area (TPSA) is 47.1 Å². The average molecular weight is 290 g/mol. The van der Waals surface area contributed by atoms with Gasteiger partial charge in [-0.25, -0.2) is 4.98 Å². The summed E-state index contributed by atoms with van der Waals surface area (Å²) in [5, 5.41) is 0. The van der Waals surface area contributed by atoms with Crippen LogP contribution in [0, 0.1) is 11.6 Å². The Balaban J connectivity index is 2.62. The highest BCUT2D eigenvalue weighted by molar-refractivity contribution is 7.71. The van der Waals surface area contributed by atoms with Crippen molar-refractivity contribution in [3.8, 4) is 22.8 Å². The van der Waals surface area contributed by atoms with E-state index in [1.165, 1.54) is 0 Å². The molecule has 0 radical (unpaired) electrons. The first kappa shape index (κ1) is 14.5. The second kappa shape index (κ2) is 6.05. The molecule has 5 heteroatoms. The van der Waals surface area contributed by atoms with Crippen LogP contribution in [0.25, 0.3) is 11.3 Å². The zero-order valence-corrected chi connectivity index (χ0v) is 12.9. The molecule has 0 fully saturated rings. The second-order valence-corrected chi connectivity index (χ2v) is 4.80. The van der Waals surface area contributed by atoms with E-state index in [1.54, 1.807) is 14.2 Å². The van der Waals surface area contributed by atoms with Crippen molar-refractivity contribution in [2.75, 3.05) is 14.2 Å². The summed E-state index contributed by atoms with van der Waals surface area (Å²) in [7, 11) is 3.25. The minimum atomic E-state index is 0.630. The van der Waals surface area contributed by atoms with E-state index in [0.29, 0.717) is 16.1 Å². The Kier molecular flexibility index (Phi) is 4.39. The Morgan fingerprint density at radius 2 is 1.90 bits per heavy atom. The fraction of sp³-hybridized carbons (Fsp3) is 0.333. The molecular formula is C15H18N2O2S. The van der Waals surface area contributed by atoms with Crippen molar-refractivity contribution in [1.29, 1.82) is 0 Å². The lowest BCUT2D eigenvalue weighted by molar-refractivity contribution is 0.355. The molecule has 0 saturated carbocycles. The van der Waals surface area contributed by atoms with E-state index >= 15 is 0 Å². The first-order valence-electron chi connectivity index (χ1n) is 6.42. The third-order valence-electron chi connectivity index (χ3n) is 3.21. The molecule has 1 heterocycles. The van der Waals surface area contributed by atoms with Gasteiger partial charge in [0.1, 0.15) is 10.5 Å². The van der Waals surface area contributed by atoms with Crippen molar-refractivity contribution in [2.45, 2.75) is 20.3 Å². The SMILES string of the molecule is CCc1nc(=S)c(C)c(-c2ccc(OC)c(OC)c2)[nH]1. The van der Waals surface area contributed by atoms with Crippen molar-refractivity contribution < 1.29 is 9.47 Å². The van der Waals surface area contributed by atoms with Gasteiger partial charge in [-0.3, -0.25) is 0 Å². The van der Waals surface area contributed by atoms with Gasteiger partial charge in [-0.1, -0.05) is 19.1 Å². The van der Waals surface area contributed by atoms with Crippen LogP contribution in [0.2, 0.25) is 0 Å². The molecule has 0 spiro atoms. The molecular weight excluding hydrogens is 272 g/mol. The Morgan fingerprint density at radius 1 is 1.20 bits per heavy atom. The van der Waals surface area contributed by atoms with Crippen LogP contribution in [0.3, 0.4) is 0 Å². The monoisotopic (exact) mass is 290 g/mol. The van der Waals surface area contributed by atoms with Gasteiger partial charge >= 0.3 is 0 Å². The van der Waals surface area contributed by atoms with E-state index in [1.807, 2.05) is 32.0 Å². The zero-order valence-electron chi connectivity index (χ0n) is 12.1. The van der Waals surface area contributed by atoms with Crippen molar-refractivity contribution in [3.05, 3.63) is 34.2 Å². The van der Waals surface area contributed by atoms with E-state index in [4.69, 9.17) is 21.7 Å². The number of rotatable bonds is 4. The Morgan fingerprint density at radius 3 is 2.50 bits per heavy atom. The van der Waals surface area contributed by atoms with E-state index < -0.39 is 0 Å². The molecule has 0 aliphatic carbocycles. The quantitative estimate of drug-likeness (QED) is 0.872. The van der Waals surface area contributed by atoms with Crippen LogP contribution in [0.15, 0.2) is 18.2 Å². The summed E-state index contributed by atoms with van der Waals surface area (Å²) >= 11 is 5.32. The highest BCUT2D eigenvalue weighted by atomic mass is 32.1. The standard InChI is InChI=1S/C15H18N2O2S/c1-5-13-16-14(9(2)15(20)17-13)10-6-7-11(18-3)12(8-10)19-4/h6-8H,5H2,1-4H3,(H,16,17,20). The average Bonchev–Trinajstić information content (AvgIpc) is 2.49. The van der Waals surface area contributed by atoms with Gasteiger partial charge in [0.2, 0.25) is 0 Å². The number of hydrogen-bond donors (Lipinski definition) is 1. The van der Waals surface area contributed by atoms with Gasteiger partial charge in [0.15, 0.2) is 11.5 Å². The van der Waals surface area contributed by atoms with Crippen molar-refractivity contribution >= 4 is 12.2 Å². The number of benzene rings is 1. The number of aryl methyl sites for hydroxylation is 1. The molecule has 2 rings (SSSR count). The minimum Gasteiger partial charge on any atom is -0.493 e. The summed E-state index contributed by atoms with van der Waals surface area (Å²) in [4.78, 5) is 7.69. The maximum absolute atomic E-state index is 5.34. The van der Waals surface area contributed by atoms with Crippen LogP contribution >= 0.6 is 12.2 Å². The number of methoxy groups -OCH3 is 2. The molecule has 1 N–H and O–H groups in total. The summed E-state index contributed by atoms with van der Waals surface area (Å²) in [5.74, 6) is 2.28. The Bertz CT molecular complexity index is 680. The van der Waals surface area contributed by atoms with Crippen molar-refractivity contribution in [3.63, 3.8) is 0 Å². The van der Waals surface area contributed by atoms with E-state index in [-0.39, 0.29) is 0 Å². The molecule has 0 saturated heterocycles. The van der Waals surface area contributed by atoms with Crippen LogP contribution in [0.5, 0.6) is 11.5 Å². The third-order valence-corrected chi connectivity index (χ3v) is 3.61. The molecule has 0 atom stereocenters. The number of nitrogens with one attached hydrogen (secondary N) is 1. The van der Waals surface area contributed by atoms with Crippen LogP contribution in [0.4, 0.5) is 0 Å². The molecule has 0 bridgehead atoms. The summed E-state index contributed by atoms with van der Waals surface area (Å²) in [5.41, 5.74) is 2.94. The molecule has 1 aromatic carbocycles. The van der Waals surface area contributed by atoms with Crippen LogP contribution < -0.4 is 9.47 Å².